The average molecular weight is 191 g/mol. The molecule has 0 saturated heterocycles. The van der Waals surface area contributed by atoms with Crippen molar-refractivity contribution in [1.82, 2.24) is 0 Å². The minimum absolute atomic E-state index is 0.158. The highest BCUT2D eigenvalue weighted by atomic mass is 16.5. The van der Waals surface area contributed by atoms with Gasteiger partial charge in [0.15, 0.2) is 0 Å². The number of benzene rings is 1. The molecular weight excluding hydrogens is 174 g/mol. The number of hydrogen-bond donors (Lipinski definition) is 1. The molecule has 1 aliphatic heterocycles. The smallest absolute Gasteiger partial charge is 0.145 e. The van der Waals surface area contributed by atoms with Crippen LogP contribution in [-0.2, 0) is 11.8 Å². The lowest BCUT2D eigenvalue weighted by molar-refractivity contribution is 0.358. The SMILES string of the molecule is CC(C)(C)c1cc(N)c2c(c1)CCO2. The molecule has 0 atom stereocenters. The molecule has 0 amide bonds. The fourth-order valence-corrected chi connectivity index (χ4v) is 1.77. The van der Waals surface area contributed by atoms with Crippen LogP contribution in [0.2, 0.25) is 0 Å². The number of hydrogen-bond acceptors (Lipinski definition) is 2. The minimum Gasteiger partial charge on any atom is -0.491 e. The summed E-state index contributed by atoms with van der Waals surface area (Å²) in [5, 5.41) is 0. The Kier molecular flexibility index (Phi) is 1.95. The quantitative estimate of drug-likeness (QED) is 0.639. The first-order valence-corrected chi connectivity index (χ1v) is 5.04. The molecule has 0 unspecified atom stereocenters. The van der Waals surface area contributed by atoms with Crippen LogP contribution in [0.3, 0.4) is 0 Å². The molecule has 2 rings (SSSR count). The highest BCUT2D eigenvalue weighted by molar-refractivity contribution is 5.61. The van der Waals surface area contributed by atoms with Crippen molar-refractivity contribution >= 4 is 5.69 Å². The van der Waals surface area contributed by atoms with Gasteiger partial charge in [0.1, 0.15) is 5.75 Å². The Labute approximate surface area is 85.1 Å². The molecule has 2 nitrogen and oxygen atoms in total. The van der Waals surface area contributed by atoms with Gasteiger partial charge in [0.05, 0.1) is 12.3 Å². The first-order valence-electron chi connectivity index (χ1n) is 5.04. The standard InChI is InChI=1S/C12H17NO/c1-12(2,3)9-6-8-4-5-14-11(8)10(13)7-9/h6-7H,4-5,13H2,1-3H3. The summed E-state index contributed by atoms with van der Waals surface area (Å²) in [5.41, 5.74) is 9.44. The third-order valence-electron chi connectivity index (χ3n) is 2.68. The van der Waals surface area contributed by atoms with E-state index in [1.54, 1.807) is 0 Å². The number of anilines is 1. The van der Waals surface area contributed by atoms with E-state index in [9.17, 15) is 0 Å². The monoisotopic (exact) mass is 191 g/mol. The molecule has 76 valence electrons. The van der Waals surface area contributed by atoms with Crippen LogP contribution >= 0.6 is 0 Å². The van der Waals surface area contributed by atoms with Gasteiger partial charge in [0.2, 0.25) is 0 Å². The Bertz CT molecular complexity index is 363. The topological polar surface area (TPSA) is 35.2 Å². The molecular formula is C12H17NO. The first-order chi connectivity index (χ1) is 6.48. The Balaban J connectivity index is 2.52. The zero-order valence-corrected chi connectivity index (χ0v) is 9.05. The van der Waals surface area contributed by atoms with Gasteiger partial charge < -0.3 is 10.5 Å². The summed E-state index contributed by atoms with van der Waals surface area (Å²) in [6.45, 7) is 7.37. The average Bonchev–Trinajstić information content (AvgIpc) is 2.50. The first kappa shape index (κ1) is 9.38. The highest BCUT2D eigenvalue weighted by Gasteiger charge is 2.21. The molecule has 0 spiro atoms. The second kappa shape index (κ2) is 2.91. The lowest BCUT2D eigenvalue weighted by atomic mass is 9.85. The zero-order valence-electron chi connectivity index (χ0n) is 9.05. The molecule has 0 aliphatic carbocycles. The van der Waals surface area contributed by atoms with Gasteiger partial charge in [-0.25, -0.2) is 0 Å². The van der Waals surface area contributed by atoms with Crippen LogP contribution < -0.4 is 10.5 Å². The Morgan fingerprint density at radius 1 is 1.29 bits per heavy atom. The van der Waals surface area contributed by atoms with Crippen molar-refractivity contribution in [3.8, 4) is 5.75 Å². The minimum atomic E-state index is 0.158. The van der Waals surface area contributed by atoms with Crippen molar-refractivity contribution < 1.29 is 4.74 Å². The number of fused-ring (bicyclic) bond motifs is 1. The van der Waals surface area contributed by atoms with E-state index in [0.29, 0.717) is 0 Å². The van der Waals surface area contributed by atoms with Gasteiger partial charge in [-0.1, -0.05) is 26.8 Å². The van der Waals surface area contributed by atoms with E-state index >= 15 is 0 Å². The number of ether oxygens (including phenoxy) is 1. The Morgan fingerprint density at radius 3 is 2.64 bits per heavy atom. The van der Waals surface area contributed by atoms with Gasteiger partial charge in [0, 0.05) is 6.42 Å². The van der Waals surface area contributed by atoms with E-state index in [0.717, 1.165) is 24.5 Å². The number of nitrogen functional groups attached to an aromatic ring is 1. The summed E-state index contributed by atoms with van der Waals surface area (Å²) >= 11 is 0. The summed E-state index contributed by atoms with van der Waals surface area (Å²) in [5.74, 6) is 0.901. The van der Waals surface area contributed by atoms with Crippen LogP contribution in [0.25, 0.3) is 0 Å². The highest BCUT2D eigenvalue weighted by Crippen LogP contribution is 2.36. The van der Waals surface area contributed by atoms with Gasteiger partial charge in [-0.15, -0.1) is 0 Å². The van der Waals surface area contributed by atoms with Gasteiger partial charge in [-0.3, -0.25) is 0 Å². The molecule has 0 bridgehead atoms. The van der Waals surface area contributed by atoms with Crippen LogP contribution in [0.15, 0.2) is 12.1 Å². The largest absolute Gasteiger partial charge is 0.491 e. The van der Waals surface area contributed by atoms with E-state index in [2.05, 4.69) is 26.8 Å². The van der Waals surface area contributed by atoms with E-state index < -0.39 is 0 Å². The van der Waals surface area contributed by atoms with Crippen LogP contribution in [0.1, 0.15) is 31.9 Å². The molecule has 1 aromatic rings. The predicted octanol–water partition coefficient (Wildman–Crippen LogP) is 2.50. The van der Waals surface area contributed by atoms with E-state index in [1.165, 1.54) is 11.1 Å². The van der Waals surface area contributed by atoms with Gasteiger partial charge >= 0.3 is 0 Å². The molecule has 14 heavy (non-hydrogen) atoms. The molecule has 0 aromatic heterocycles. The van der Waals surface area contributed by atoms with Gasteiger partial charge in [0.25, 0.3) is 0 Å². The molecule has 0 saturated carbocycles. The predicted molar refractivity (Wildman–Crippen MR) is 58.8 cm³/mol. The molecule has 2 heteroatoms. The third-order valence-corrected chi connectivity index (χ3v) is 2.68. The summed E-state index contributed by atoms with van der Waals surface area (Å²) in [6, 6.07) is 4.25. The molecule has 1 aliphatic rings. The number of nitrogens with two attached hydrogens (primary N) is 1. The Morgan fingerprint density at radius 2 is 2.00 bits per heavy atom. The molecule has 0 radical (unpaired) electrons. The van der Waals surface area contributed by atoms with Gasteiger partial charge in [-0.05, 0) is 22.6 Å². The molecule has 1 aromatic carbocycles. The van der Waals surface area contributed by atoms with Crippen molar-refractivity contribution in [1.29, 1.82) is 0 Å². The van der Waals surface area contributed by atoms with Crippen molar-refractivity contribution in [2.45, 2.75) is 32.6 Å². The maximum Gasteiger partial charge on any atom is 0.145 e. The fourth-order valence-electron chi connectivity index (χ4n) is 1.77. The third kappa shape index (κ3) is 1.45. The second-order valence-corrected chi connectivity index (χ2v) is 4.90. The lowest BCUT2D eigenvalue weighted by Gasteiger charge is -2.20. The summed E-state index contributed by atoms with van der Waals surface area (Å²) in [6.07, 6.45) is 0.990. The van der Waals surface area contributed by atoms with Crippen LogP contribution in [0.4, 0.5) is 5.69 Å². The Hall–Kier alpha value is -1.18. The second-order valence-electron chi connectivity index (χ2n) is 4.90. The maximum absolute atomic E-state index is 5.94. The molecule has 2 N–H and O–H groups in total. The maximum atomic E-state index is 5.94. The van der Waals surface area contributed by atoms with E-state index in [-0.39, 0.29) is 5.41 Å². The fraction of sp³-hybridized carbons (Fsp3) is 0.500. The summed E-state index contributed by atoms with van der Waals surface area (Å²) in [4.78, 5) is 0. The van der Waals surface area contributed by atoms with E-state index in [4.69, 9.17) is 10.5 Å². The molecule has 1 heterocycles. The van der Waals surface area contributed by atoms with Crippen LogP contribution in [0, 0.1) is 0 Å². The van der Waals surface area contributed by atoms with Crippen molar-refractivity contribution in [3.05, 3.63) is 23.3 Å². The normalized spacial score (nSPS) is 15.1. The summed E-state index contributed by atoms with van der Waals surface area (Å²) in [7, 11) is 0. The van der Waals surface area contributed by atoms with Gasteiger partial charge in [-0.2, -0.15) is 0 Å². The zero-order chi connectivity index (χ0) is 10.3. The number of rotatable bonds is 0. The van der Waals surface area contributed by atoms with Crippen LogP contribution in [0.5, 0.6) is 5.75 Å². The molecule has 0 fully saturated rings. The van der Waals surface area contributed by atoms with Crippen LogP contribution in [-0.4, -0.2) is 6.61 Å². The lowest BCUT2D eigenvalue weighted by Crippen LogP contribution is -2.11. The van der Waals surface area contributed by atoms with Crippen molar-refractivity contribution in [3.63, 3.8) is 0 Å². The summed E-state index contributed by atoms with van der Waals surface area (Å²) < 4.78 is 5.47. The van der Waals surface area contributed by atoms with Crippen molar-refractivity contribution in [2.24, 2.45) is 0 Å². The van der Waals surface area contributed by atoms with Crippen molar-refractivity contribution in [2.75, 3.05) is 12.3 Å². The van der Waals surface area contributed by atoms with E-state index in [1.807, 2.05) is 6.07 Å².